The second-order valence-corrected chi connectivity index (χ2v) is 19.2. The van der Waals surface area contributed by atoms with Crippen molar-refractivity contribution in [2.45, 2.75) is 167 Å². The molecule has 4 saturated heterocycles. The van der Waals surface area contributed by atoms with Crippen molar-refractivity contribution in [3.05, 3.63) is 0 Å². The molecular formula is C38H60O10. The number of hydrogen-bond acceptors (Lipinski definition) is 10. The van der Waals surface area contributed by atoms with Gasteiger partial charge in [0.05, 0.1) is 18.8 Å². The van der Waals surface area contributed by atoms with Crippen LogP contribution in [0.2, 0.25) is 0 Å². The molecule has 19 atom stereocenters. The summed E-state index contributed by atoms with van der Waals surface area (Å²) in [6.45, 7) is 18.1. The Balaban J connectivity index is 1.10. The van der Waals surface area contributed by atoms with Gasteiger partial charge in [-0.25, -0.2) is 0 Å². The summed E-state index contributed by atoms with van der Waals surface area (Å²) in [4.78, 5) is 13.1. The van der Waals surface area contributed by atoms with Gasteiger partial charge in [-0.05, 0) is 110 Å². The van der Waals surface area contributed by atoms with E-state index in [9.17, 15) is 25.2 Å². The lowest BCUT2D eigenvalue weighted by molar-refractivity contribution is -0.345. The maximum Gasteiger partial charge on any atom is 0.201 e. The largest absolute Gasteiger partial charge is 0.388 e. The Kier molecular flexibility index (Phi) is 7.66. The van der Waals surface area contributed by atoms with Gasteiger partial charge < -0.3 is 48.9 Å². The number of epoxide rings is 1. The zero-order valence-electron chi connectivity index (χ0n) is 30.2. The fourth-order valence-electron chi connectivity index (χ4n) is 14.3. The smallest absolute Gasteiger partial charge is 0.201 e. The highest BCUT2D eigenvalue weighted by Gasteiger charge is 2.81. The summed E-state index contributed by atoms with van der Waals surface area (Å²) < 4.78 is 31.5. The van der Waals surface area contributed by atoms with Gasteiger partial charge >= 0.3 is 0 Å². The second-order valence-electron chi connectivity index (χ2n) is 19.2. The average molecular weight is 677 g/mol. The molecule has 1 unspecified atom stereocenters. The van der Waals surface area contributed by atoms with Gasteiger partial charge in [0.2, 0.25) is 5.79 Å². The number of Topliss-reactive ketones (excluding diaryl/α,β-unsaturated/α-hetero) is 1. The van der Waals surface area contributed by atoms with Crippen molar-refractivity contribution in [2.24, 2.45) is 57.2 Å². The Morgan fingerprint density at radius 2 is 1.56 bits per heavy atom. The Morgan fingerprint density at radius 3 is 2.21 bits per heavy atom. The molecule has 0 aromatic carbocycles. The highest BCUT2D eigenvalue weighted by molar-refractivity contribution is 5.76. The van der Waals surface area contributed by atoms with Crippen LogP contribution in [-0.2, 0) is 28.5 Å². The van der Waals surface area contributed by atoms with Crippen LogP contribution < -0.4 is 0 Å². The molecule has 4 aliphatic carbocycles. The molecule has 8 aliphatic rings. The van der Waals surface area contributed by atoms with Crippen LogP contribution in [-0.4, -0.2) is 93.4 Å². The van der Waals surface area contributed by atoms with Gasteiger partial charge in [-0.3, -0.25) is 0 Å². The first-order valence-electron chi connectivity index (χ1n) is 18.9. The SMILES string of the molecule is CC(=O)C[C@@H]1C[C@@]2(C)C3CC[C@H](O[C@@H]4OC[C@@H](O)[C@H](O)[C@H]4O)C(C)(C)[C@@H]3CC[C@H]2[C@]2(C)C[C@@H]3O[C@]4(C[C@@H](C)[C@@H]3[C@@]12C)O[C@H](O)[C@@]1(C)O[C@@H]41. The van der Waals surface area contributed by atoms with E-state index < -0.39 is 42.3 Å². The molecule has 8 rings (SSSR count). The highest BCUT2D eigenvalue weighted by atomic mass is 16.8. The quantitative estimate of drug-likeness (QED) is 0.255. The molecule has 0 aromatic rings. The monoisotopic (exact) mass is 676 g/mol. The predicted octanol–water partition coefficient (Wildman–Crippen LogP) is 3.94. The summed E-state index contributed by atoms with van der Waals surface area (Å²) in [5.74, 6) is 1.43. The molecule has 10 nitrogen and oxygen atoms in total. The zero-order chi connectivity index (χ0) is 34.6. The fraction of sp³-hybridized carbons (Fsp3) is 0.974. The Labute approximate surface area is 285 Å². The van der Waals surface area contributed by atoms with Crippen molar-refractivity contribution >= 4 is 5.78 Å². The van der Waals surface area contributed by atoms with E-state index in [2.05, 4.69) is 41.5 Å². The maximum absolute atomic E-state index is 13.1. The lowest BCUT2D eigenvalue weighted by Crippen LogP contribution is -2.65. The van der Waals surface area contributed by atoms with Gasteiger partial charge in [0.1, 0.15) is 35.8 Å². The fourth-order valence-corrected chi connectivity index (χ4v) is 14.3. The van der Waals surface area contributed by atoms with Crippen molar-refractivity contribution in [1.82, 2.24) is 0 Å². The molecular weight excluding hydrogens is 616 g/mol. The first-order chi connectivity index (χ1) is 22.3. The van der Waals surface area contributed by atoms with E-state index in [1.165, 1.54) is 0 Å². The molecule has 10 heteroatoms. The molecule has 1 spiro atoms. The molecule has 48 heavy (non-hydrogen) atoms. The van der Waals surface area contributed by atoms with Crippen LogP contribution >= 0.6 is 0 Å². The summed E-state index contributed by atoms with van der Waals surface area (Å²) in [5.41, 5.74) is -1.03. The number of aliphatic hydroxyl groups excluding tert-OH is 4. The number of aliphatic hydroxyl groups is 4. The van der Waals surface area contributed by atoms with Gasteiger partial charge in [0.15, 0.2) is 12.6 Å². The minimum atomic E-state index is -1.30. The van der Waals surface area contributed by atoms with Crippen LogP contribution in [0.4, 0.5) is 0 Å². The van der Waals surface area contributed by atoms with Crippen molar-refractivity contribution in [3.8, 4) is 0 Å². The Morgan fingerprint density at radius 1 is 0.854 bits per heavy atom. The number of ketones is 1. The minimum Gasteiger partial charge on any atom is -0.388 e. The lowest BCUT2D eigenvalue weighted by Gasteiger charge is -2.70. The molecule has 4 N–H and O–H groups in total. The lowest BCUT2D eigenvalue weighted by atomic mass is 9.34. The van der Waals surface area contributed by atoms with Crippen molar-refractivity contribution < 1.29 is 48.9 Å². The van der Waals surface area contributed by atoms with Crippen LogP contribution in [0.1, 0.15) is 107 Å². The second kappa shape index (κ2) is 10.7. The van der Waals surface area contributed by atoms with E-state index in [-0.39, 0.29) is 70.1 Å². The zero-order valence-corrected chi connectivity index (χ0v) is 30.2. The van der Waals surface area contributed by atoms with Gasteiger partial charge in [-0.2, -0.15) is 0 Å². The minimum absolute atomic E-state index is 0.0212. The van der Waals surface area contributed by atoms with E-state index in [4.69, 9.17) is 23.7 Å². The maximum atomic E-state index is 13.1. The molecule has 0 bridgehead atoms. The molecule has 0 radical (unpaired) electrons. The van der Waals surface area contributed by atoms with E-state index in [1.54, 1.807) is 6.92 Å². The van der Waals surface area contributed by atoms with E-state index in [0.29, 0.717) is 30.6 Å². The van der Waals surface area contributed by atoms with E-state index in [0.717, 1.165) is 38.5 Å². The standard InChI is InChI=1S/C38H60O10/c1-18-14-38(31-37(8,47-31)32(43)48-38)46-24-16-35(6)25-11-9-21-22(34(25,5)15-20(13-19(2)39)36(35,7)27(18)24)10-12-26(33(21,3)4)45-30-29(42)28(41)23(40)17-44-30/h18,20-32,40-43H,9-17H2,1-8H3/t18-,20-,21-,22?,23-,24+,25-,26+,27+,28+,29-,30+,31-,32+,34+,35+,36-,37+,38-/m1/s1. The predicted molar refractivity (Wildman–Crippen MR) is 173 cm³/mol. The third-order valence-electron chi connectivity index (χ3n) is 16.6. The molecule has 272 valence electrons. The number of ether oxygens (including phenoxy) is 5. The summed E-state index contributed by atoms with van der Waals surface area (Å²) >= 11 is 0. The normalized spacial score (nSPS) is 61.2. The first kappa shape index (κ1) is 34.4. The van der Waals surface area contributed by atoms with Crippen molar-refractivity contribution in [3.63, 3.8) is 0 Å². The third kappa shape index (κ3) is 4.33. The van der Waals surface area contributed by atoms with Crippen LogP contribution in [0, 0.1) is 57.2 Å². The summed E-state index contributed by atoms with van der Waals surface area (Å²) in [5, 5.41) is 41.7. The van der Waals surface area contributed by atoms with Gasteiger partial charge in [0, 0.05) is 12.8 Å². The average Bonchev–Trinajstić information content (AvgIpc) is 3.59. The molecule has 4 aliphatic heterocycles. The number of fused-ring (bicyclic) bond motifs is 9. The van der Waals surface area contributed by atoms with Crippen LogP contribution in [0.3, 0.4) is 0 Å². The summed E-state index contributed by atoms with van der Waals surface area (Å²) in [6.07, 6.45) is 1.04. The topological polar surface area (TPSA) is 147 Å². The van der Waals surface area contributed by atoms with Gasteiger partial charge in [0.25, 0.3) is 0 Å². The number of hydrogen-bond donors (Lipinski definition) is 4. The summed E-state index contributed by atoms with van der Waals surface area (Å²) in [6, 6.07) is 0. The van der Waals surface area contributed by atoms with Crippen LogP contribution in [0.25, 0.3) is 0 Å². The van der Waals surface area contributed by atoms with Crippen LogP contribution in [0.5, 0.6) is 0 Å². The van der Waals surface area contributed by atoms with Gasteiger partial charge in [-0.15, -0.1) is 0 Å². The van der Waals surface area contributed by atoms with E-state index >= 15 is 0 Å². The number of carbonyl (C=O) groups is 1. The third-order valence-corrected chi connectivity index (χ3v) is 16.6. The summed E-state index contributed by atoms with van der Waals surface area (Å²) in [7, 11) is 0. The highest BCUT2D eigenvalue weighted by Crippen LogP contribution is 2.79. The molecule has 0 aromatic heterocycles. The van der Waals surface area contributed by atoms with E-state index in [1.807, 2.05) is 6.92 Å². The van der Waals surface area contributed by atoms with Gasteiger partial charge in [-0.1, -0.05) is 41.5 Å². The molecule has 0 amide bonds. The molecule has 4 saturated carbocycles. The molecule has 4 heterocycles. The number of carbonyl (C=O) groups excluding carboxylic acids is 1. The van der Waals surface area contributed by atoms with Crippen molar-refractivity contribution in [2.75, 3.05) is 6.61 Å². The Bertz CT molecular complexity index is 1320. The first-order valence-corrected chi connectivity index (χ1v) is 18.9. The van der Waals surface area contributed by atoms with Crippen molar-refractivity contribution in [1.29, 1.82) is 0 Å². The number of rotatable bonds is 4. The molecule has 8 fully saturated rings. The Hall–Kier alpha value is -0.690. The van der Waals surface area contributed by atoms with Crippen LogP contribution in [0.15, 0.2) is 0 Å².